The number of morpholine rings is 1. The molecule has 0 aromatic rings. The van der Waals surface area contributed by atoms with Gasteiger partial charge in [0.15, 0.2) is 0 Å². The van der Waals surface area contributed by atoms with Crippen molar-refractivity contribution in [2.24, 2.45) is 5.41 Å². The third kappa shape index (κ3) is 3.74. The van der Waals surface area contributed by atoms with Gasteiger partial charge in [0, 0.05) is 19.6 Å². The van der Waals surface area contributed by atoms with Crippen LogP contribution in [0, 0.1) is 5.41 Å². The summed E-state index contributed by atoms with van der Waals surface area (Å²) < 4.78 is 5.25. The maximum atomic E-state index is 12.6. The van der Waals surface area contributed by atoms with Gasteiger partial charge in [-0.15, -0.1) is 0 Å². The molecule has 0 bridgehead atoms. The van der Waals surface area contributed by atoms with Crippen LogP contribution in [0.1, 0.15) is 33.1 Å². The molecule has 2 fully saturated rings. The first-order chi connectivity index (χ1) is 10.1. The zero-order valence-corrected chi connectivity index (χ0v) is 13.1. The summed E-state index contributed by atoms with van der Waals surface area (Å²) in [5.74, 6) is -0.00650. The topological polar surface area (TPSA) is 70.7 Å². The Labute approximate surface area is 126 Å². The van der Waals surface area contributed by atoms with Gasteiger partial charge in [-0.05, 0) is 32.7 Å². The van der Waals surface area contributed by atoms with E-state index >= 15 is 0 Å². The maximum Gasteiger partial charge on any atom is 0.245 e. The van der Waals surface area contributed by atoms with E-state index in [-0.39, 0.29) is 17.2 Å². The van der Waals surface area contributed by atoms with E-state index in [2.05, 4.69) is 10.6 Å². The van der Waals surface area contributed by atoms with Gasteiger partial charge in [0.1, 0.15) is 6.04 Å². The van der Waals surface area contributed by atoms with Crippen molar-refractivity contribution < 1.29 is 14.3 Å². The van der Waals surface area contributed by atoms with Crippen molar-refractivity contribution in [3.8, 4) is 0 Å². The van der Waals surface area contributed by atoms with Gasteiger partial charge >= 0.3 is 0 Å². The molecule has 2 aliphatic heterocycles. The Bertz CT molecular complexity index is 374. The zero-order valence-electron chi connectivity index (χ0n) is 13.1. The van der Waals surface area contributed by atoms with E-state index in [9.17, 15) is 9.59 Å². The molecular formula is C15H27N3O3. The molecule has 2 heterocycles. The lowest BCUT2D eigenvalue weighted by Crippen LogP contribution is -2.56. The fraction of sp³-hybridized carbons (Fsp3) is 0.867. The van der Waals surface area contributed by atoms with Crippen molar-refractivity contribution >= 4 is 11.8 Å². The van der Waals surface area contributed by atoms with Gasteiger partial charge in [-0.25, -0.2) is 0 Å². The number of hydrogen-bond acceptors (Lipinski definition) is 4. The minimum Gasteiger partial charge on any atom is -0.378 e. The number of carbonyl (C=O) groups is 2. The van der Waals surface area contributed by atoms with Gasteiger partial charge in [-0.3, -0.25) is 9.59 Å². The highest BCUT2D eigenvalue weighted by atomic mass is 16.5. The molecule has 0 saturated carbocycles. The fourth-order valence-corrected chi connectivity index (χ4v) is 3.09. The first-order valence-corrected chi connectivity index (χ1v) is 7.97. The molecule has 2 rings (SSSR count). The molecule has 0 spiro atoms. The third-order valence-corrected chi connectivity index (χ3v) is 4.67. The van der Waals surface area contributed by atoms with Crippen LogP contribution in [0.5, 0.6) is 0 Å². The predicted octanol–water partition coefficient (Wildman–Crippen LogP) is 0.130. The molecule has 0 aliphatic carbocycles. The van der Waals surface area contributed by atoms with Gasteiger partial charge in [-0.1, -0.05) is 6.92 Å². The number of carbonyl (C=O) groups excluding carboxylic acids is 2. The Kier molecular flexibility index (Phi) is 5.58. The normalized spacial score (nSPS) is 28.0. The van der Waals surface area contributed by atoms with Crippen molar-refractivity contribution in [1.29, 1.82) is 0 Å². The fourth-order valence-electron chi connectivity index (χ4n) is 3.09. The second-order valence-corrected chi connectivity index (χ2v) is 6.05. The zero-order chi connectivity index (χ0) is 15.3. The molecule has 6 nitrogen and oxygen atoms in total. The molecule has 0 radical (unpaired) electrons. The predicted molar refractivity (Wildman–Crippen MR) is 79.8 cm³/mol. The van der Waals surface area contributed by atoms with E-state index < -0.39 is 6.04 Å². The summed E-state index contributed by atoms with van der Waals surface area (Å²) >= 11 is 0. The maximum absolute atomic E-state index is 12.6. The smallest absolute Gasteiger partial charge is 0.245 e. The Morgan fingerprint density at radius 1 is 1.38 bits per heavy atom. The van der Waals surface area contributed by atoms with Crippen LogP contribution in [0.3, 0.4) is 0 Å². The van der Waals surface area contributed by atoms with Gasteiger partial charge in [0.05, 0.1) is 18.6 Å². The standard InChI is InChI=1S/C15H27N3O3/c1-3-15(5-4-6-16-11-15)14(20)17-12(2)13(19)18-7-9-21-10-8-18/h12,16H,3-11H2,1-2H3,(H,17,20). The van der Waals surface area contributed by atoms with Crippen molar-refractivity contribution in [1.82, 2.24) is 15.5 Å². The van der Waals surface area contributed by atoms with Gasteiger partial charge in [0.25, 0.3) is 0 Å². The molecule has 0 aromatic heterocycles. The first kappa shape index (κ1) is 16.2. The SMILES string of the molecule is CCC1(C(=O)NC(C)C(=O)N2CCOCC2)CCCNC1. The lowest BCUT2D eigenvalue weighted by molar-refractivity contribution is -0.142. The molecule has 2 amide bonds. The Balaban J connectivity index is 1.92. The molecule has 2 saturated heterocycles. The number of piperidine rings is 1. The van der Waals surface area contributed by atoms with Crippen molar-refractivity contribution in [2.75, 3.05) is 39.4 Å². The number of ether oxygens (including phenoxy) is 1. The first-order valence-electron chi connectivity index (χ1n) is 7.97. The summed E-state index contributed by atoms with van der Waals surface area (Å²) in [6.45, 7) is 7.87. The largest absolute Gasteiger partial charge is 0.378 e. The Morgan fingerprint density at radius 3 is 2.67 bits per heavy atom. The highest BCUT2D eigenvalue weighted by molar-refractivity contribution is 5.90. The monoisotopic (exact) mass is 297 g/mol. The Morgan fingerprint density at radius 2 is 2.10 bits per heavy atom. The van der Waals surface area contributed by atoms with Crippen LogP contribution in [0.25, 0.3) is 0 Å². The minimum absolute atomic E-state index is 0.00584. The summed E-state index contributed by atoms with van der Waals surface area (Å²) in [6.07, 6.45) is 2.69. The van der Waals surface area contributed by atoms with Crippen LogP contribution in [-0.2, 0) is 14.3 Å². The van der Waals surface area contributed by atoms with Crippen molar-refractivity contribution in [3.05, 3.63) is 0 Å². The van der Waals surface area contributed by atoms with E-state index in [0.717, 1.165) is 25.8 Å². The molecule has 2 aliphatic rings. The Hall–Kier alpha value is -1.14. The third-order valence-electron chi connectivity index (χ3n) is 4.67. The average Bonchev–Trinajstić information content (AvgIpc) is 2.55. The summed E-state index contributed by atoms with van der Waals surface area (Å²) in [6, 6.07) is -0.471. The molecular weight excluding hydrogens is 270 g/mol. The van der Waals surface area contributed by atoms with Crippen molar-refractivity contribution in [2.45, 2.75) is 39.2 Å². The van der Waals surface area contributed by atoms with Gasteiger partial charge < -0.3 is 20.3 Å². The molecule has 120 valence electrons. The second-order valence-electron chi connectivity index (χ2n) is 6.05. The van der Waals surface area contributed by atoms with Crippen LogP contribution in [0.4, 0.5) is 0 Å². The molecule has 2 atom stereocenters. The van der Waals surface area contributed by atoms with Gasteiger partial charge in [0.2, 0.25) is 11.8 Å². The van der Waals surface area contributed by atoms with E-state index in [1.165, 1.54) is 0 Å². The van der Waals surface area contributed by atoms with Crippen LogP contribution in [0.2, 0.25) is 0 Å². The lowest BCUT2D eigenvalue weighted by Gasteiger charge is -2.37. The van der Waals surface area contributed by atoms with Crippen LogP contribution in [0.15, 0.2) is 0 Å². The van der Waals surface area contributed by atoms with E-state index in [0.29, 0.717) is 32.8 Å². The van der Waals surface area contributed by atoms with Crippen LogP contribution < -0.4 is 10.6 Å². The van der Waals surface area contributed by atoms with E-state index in [4.69, 9.17) is 4.74 Å². The molecule has 0 aromatic carbocycles. The van der Waals surface area contributed by atoms with Crippen LogP contribution in [-0.4, -0.2) is 62.1 Å². The summed E-state index contributed by atoms with van der Waals surface area (Å²) in [4.78, 5) is 26.7. The summed E-state index contributed by atoms with van der Waals surface area (Å²) in [7, 11) is 0. The number of nitrogens with one attached hydrogen (secondary N) is 2. The minimum atomic E-state index is -0.471. The number of rotatable bonds is 4. The van der Waals surface area contributed by atoms with Crippen molar-refractivity contribution in [3.63, 3.8) is 0 Å². The molecule has 2 N–H and O–H groups in total. The number of amides is 2. The quantitative estimate of drug-likeness (QED) is 0.774. The molecule has 21 heavy (non-hydrogen) atoms. The average molecular weight is 297 g/mol. The summed E-state index contributed by atoms with van der Waals surface area (Å²) in [5.41, 5.74) is -0.363. The van der Waals surface area contributed by atoms with Gasteiger partial charge in [-0.2, -0.15) is 0 Å². The summed E-state index contributed by atoms with van der Waals surface area (Å²) in [5, 5.41) is 6.23. The molecule has 2 unspecified atom stereocenters. The number of nitrogens with zero attached hydrogens (tertiary/aromatic N) is 1. The highest BCUT2D eigenvalue weighted by Crippen LogP contribution is 2.30. The number of hydrogen-bond donors (Lipinski definition) is 2. The van der Waals surface area contributed by atoms with E-state index in [1.807, 2.05) is 6.92 Å². The highest BCUT2D eigenvalue weighted by Gasteiger charge is 2.39. The molecule has 6 heteroatoms. The van der Waals surface area contributed by atoms with Crippen LogP contribution >= 0.6 is 0 Å². The lowest BCUT2D eigenvalue weighted by atomic mass is 9.77. The second kappa shape index (κ2) is 7.22. The van der Waals surface area contributed by atoms with E-state index in [1.54, 1.807) is 11.8 Å².